The number of halogens is 4. The normalized spacial score (nSPS) is 11.2. The minimum absolute atomic E-state index is 0.122. The van der Waals surface area contributed by atoms with E-state index in [-0.39, 0.29) is 12.2 Å². The van der Waals surface area contributed by atoms with Crippen molar-refractivity contribution in [3.63, 3.8) is 0 Å². The van der Waals surface area contributed by atoms with E-state index in [1.807, 2.05) is 0 Å². The number of nitrogens with zero attached hydrogens (tertiary/aromatic N) is 2. The summed E-state index contributed by atoms with van der Waals surface area (Å²) in [4.78, 5) is 12.3. The smallest absolute Gasteiger partial charge is 0.435 e. The number of benzene rings is 2. The molecule has 0 radical (unpaired) electrons. The Hall–Kier alpha value is -3.40. The molecule has 11 heteroatoms. The van der Waals surface area contributed by atoms with Gasteiger partial charge in [-0.15, -0.1) is 0 Å². The van der Waals surface area contributed by atoms with Gasteiger partial charge >= 0.3 is 12.2 Å². The molecule has 0 unspecified atom stereocenters. The number of aromatic nitrogens is 2. The number of amides is 2. The Balaban J connectivity index is 1.77. The van der Waals surface area contributed by atoms with E-state index in [9.17, 15) is 18.0 Å². The van der Waals surface area contributed by atoms with Crippen LogP contribution in [-0.4, -0.2) is 30.0 Å². The number of nitrogens with one attached hydrogen (secondary N) is 2. The Morgan fingerprint density at radius 3 is 2.48 bits per heavy atom. The van der Waals surface area contributed by atoms with Gasteiger partial charge < -0.3 is 20.1 Å². The summed E-state index contributed by atoms with van der Waals surface area (Å²) in [6.07, 6.45) is -4.64. The molecule has 31 heavy (non-hydrogen) atoms. The van der Waals surface area contributed by atoms with Crippen molar-refractivity contribution in [1.82, 2.24) is 15.1 Å². The van der Waals surface area contributed by atoms with Crippen molar-refractivity contribution in [3.05, 3.63) is 64.9 Å². The first-order valence-electron chi connectivity index (χ1n) is 8.90. The maximum Gasteiger partial charge on any atom is 0.435 e. The van der Waals surface area contributed by atoms with E-state index < -0.39 is 17.9 Å². The van der Waals surface area contributed by atoms with Crippen LogP contribution in [0, 0.1) is 0 Å². The molecule has 2 aromatic carbocycles. The molecule has 7 nitrogen and oxygen atoms in total. The zero-order chi connectivity index (χ0) is 22.6. The fourth-order valence-electron chi connectivity index (χ4n) is 2.78. The molecule has 0 atom stereocenters. The highest BCUT2D eigenvalue weighted by Gasteiger charge is 2.35. The number of ether oxygens (including phenoxy) is 2. The number of alkyl halides is 3. The SMILES string of the molecule is COc1ccc(NC(=O)NCc2cc(C(F)(F)F)nn2-c2cccc(Cl)c2)cc1OC. The van der Waals surface area contributed by atoms with Crippen LogP contribution in [0.3, 0.4) is 0 Å². The third kappa shape index (κ3) is 5.40. The van der Waals surface area contributed by atoms with E-state index in [1.165, 1.54) is 20.3 Å². The van der Waals surface area contributed by atoms with Gasteiger partial charge in [0.2, 0.25) is 0 Å². The van der Waals surface area contributed by atoms with Crippen molar-refractivity contribution in [1.29, 1.82) is 0 Å². The molecule has 0 fully saturated rings. The number of carbonyl (C=O) groups excluding carboxylic acids is 1. The molecule has 0 aliphatic carbocycles. The largest absolute Gasteiger partial charge is 0.493 e. The van der Waals surface area contributed by atoms with Crippen LogP contribution in [0.2, 0.25) is 5.02 Å². The maximum atomic E-state index is 13.2. The van der Waals surface area contributed by atoms with E-state index in [2.05, 4.69) is 15.7 Å². The molecule has 0 saturated heterocycles. The van der Waals surface area contributed by atoms with Gasteiger partial charge in [0, 0.05) is 16.8 Å². The quantitative estimate of drug-likeness (QED) is 0.556. The number of urea groups is 1. The van der Waals surface area contributed by atoms with Crippen molar-refractivity contribution >= 4 is 23.3 Å². The summed E-state index contributed by atoms with van der Waals surface area (Å²) in [5.41, 5.74) is -0.212. The van der Waals surface area contributed by atoms with Crippen molar-refractivity contribution < 1.29 is 27.4 Å². The van der Waals surface area contributed by atoms with Crippen LogP contribution in [-0.2, 0) is 12.7 Å². The van der Waals surface area contributed by atoms with Crippen molar-refractivity contribution in [2.45, 2.75) is 12.7 Å². The average molecular weight is 455 g/mol. The van der Waals surface area contributed by atoms with Gasteiger partial charge in [-0.3, -0.25) is 0 Å². The predicted octanol–water partition coefficient (Wildman–Crippen LogP) is 4.88. The Bertz CT molecular complexity index is 1090. The maximum absolute atomic E-state index is 13.2. The first-order valence-corrected chi connectivity index (χ1v) is 9.28. The van der Waals surface area contributed by atoms with Crippen LogP contribution in [0.15, 0.2) is 48.5 Å². The van der Waals surface area contributed by atoms with E-state index in [0.29, 0.717) is 27.9 Å². The predicted molar refractivity (Wildman–Crippen MR) is 109 cm³/mol. The summed E-state index contributed by atoms with van der Waals surface area (Å²) in [5.74, 6) is 0.896. The summed E-state index contributed by atoms with van der Waals surface area (Å²) < 4.78 is 50.9. The van der Waals surface area contributed by atoms with Crippen LogP contribution >= 0.6 is 11.6 Å². The van der Waals surface area contributed by atoms with Crippen molar-refractivity contribution in [2.24, 2.45) is 0 Å². The first kappa shape index (κ1) is 22.3. The molecule has 0 saturated carbocycles. The number of hydrogen-bond acceptors (Lipinski definition) is 4. The molecule has 2 N–H and O–H groups in total. The van der Waals surface area contributed by atoms with Gasteiger partial charge in [-0.1, -0.05) is 17.7 Å². The van der Waals surface area contributed by atoms with Gasteiger partial charge in [0.05, 0.1) is 32.1 Å². The fourth-order valence-corrected chi connectivity index (χ4v) is 2.96. The van der Waals surface area contributed by atoms with Gasteiger partial charge in [0.25, 0.3) is 0 Å². The molecule has 164 valence electrons. The zero-order valence-corrected chi connectivity index (χ0v) is 17.2. The number of rotatable bonds is 6. The third-order valence-corrected chi connectivity index (χ3v) is 4.43. The molecule has 0 spiro atoms. The van der Waals surface area contributed by atoms with E-state index in [1.54, 1.807) is 36.4 Å². The number of methoxy groups -OCH3 is 2. The number of hydrogen-bond donors (Lipinski definition) is 2. The molecule has 0 aliphatic heterocycles. The highest BCUT2D eigenvalue weighted by atomic mass is 35.5. The molecule has 2 amide bonds. The monoisotopic (exact) mass is 454 g/mol. The number of anilines is 1. The second kappa shape index (κ2) is 9.17. The Labute approximate surface area is 180 Å². The Kier molecular flexibility index (Phi) is 6.59. The Morgan fingerprint density at radius 1 is 1.10 bits per heavy atom. The lowest BCUT2D eigenvalue weighted by atomic mass is 10.2. The van der Waals surface area contributed by atoms with Gasteiger partial charge in [-0.25, -0.2) is 9.48 Å². The van der Waals surface area contributed by atoms with Crippen LogP contribution in [0.5, 0.6) is 11.5 Å². The molecule has 0 aliphatic rings. The standard InChI is InChI=1S/C20H18ClF3N4O3/c1-30-16-7-6-13(9-17(16)31-2)26-19(29)25-11-15-10-18(20(22,23)24)27-28(15)14-5-3-4-12(21)8-14/h3-10H,11H2,1-2H3,(H2,25,26,29). The minimum Gasteiger partial charge on any atom is -0.493 e. The second-order valence-corrected chi connectivity index (χ2v) is 6.72. The fraction of sp³-hybridized carbons (Fsp3) is 0.200. The topological polar surface area (TPSA) is 77.4 Å². The van der Waals surface area contributed by atoms with Gasteiger partial charge in [-0.05, 0) is 36.4 Å². The van der Waals surface area contributed by atoms with E-state index in [4.69, 9.17) is 21.1 Å². The van der Waals surface area contributed by atoms with Gasteiger partial charge in [0.1, 0.15) is 0 Å². The Morgan fingerprint density at radius 2 is 1.84 bits per heavy atom. The summed E-state index contributed by atoms with van der Waals surface area (Å²) in [6.45, 7) is -0.214. The lowest BCUT2D eigenvalue weighted by Gasteiger charge is -2.12. The van der Waals surface area contributed by atoms with E-state index in [0.717, 1.165) is 10.7 Å². The molecular formula is C20H18ClF3N4O3. The lowest BCUT2D eigenvalue weighted by Crippen LogP contribution is -2.29. The third-order valence-electron chi connectivity index (χ3n) is 4.20. The van der Waals surface area contributed by atoms with Crippen molar-refractivity contribution in [3.8, 4) is 17.2 Å². The summed E-state index contributed by atoms with van der Waals surface area (Å²) in [5, 5.41) is 9.07. The lowest BCUT2D eigenvalue weighted by molar-refractivity contribution is -0.141. The second-order valence-electron chi connectivity index (χ2n) is 6.29. The van der Waals surface area contributed by atoms with E-state index >= 15 is 0 Å². The average Bonchev–Trinajstić information content (AvgIpc) is 3.17. The molecule has 1 aromatic heterocycles. The summed E-state index contributed by atoms with van der Waals surface area (Å²) in [6, 6.07) is 11.2. The highest BCUT2D eigenvalue weighted by Crippen LogP contribution is 2.31. The molecule has 0 bridgehead atoms. The first-order chi connectivity index (χ1) is 14.7. The molecule has 3 rings (SSSR count). The number of carbonyl (C=O) groups is 1. The highest BCUT2D eigenvalue weighted by molar-refractivity contribution is 6.30. The van der Waals surface area contributed by atoms with Gasteiger partial charge in [0.15, 0.2) is 17.2 Å². The zero-order valence-electron chi connectivity index (χ0n) is 16.5. The summed E-state index contributed by atoms with van der Waals surface area (Å²) in [7, 11) is 2.94. The minimum atomic E-state index is -4.64. The van der Waals surface area contributed by atoms with Crippen LogP contribution in [0.1, 0.15) is 11.4 Å². The molecular weight excluding hydrogens is 437 g/mol. The van der Waals surface area contributed by atoms with Crippen molar-refractivity contribution in [2.75, 3.05) is 19.5 Å². The van der Waals surface area contributed by atoms with Crippen LogP contribution in [0.25, 0.3) is 5.69 Å². The molecule has 1 heterocycles. The van der Waals surface area contributed by atoms with Crippen LogP contribution < -0.4 is 20.1 Å². The van der Waals surface area contributed by atoms with Crippen LogP contribution in [0.4, 0.5) is 23.7 Å². The molecule has 3 aromatic rings. The summed E-state index contributed by atoms with van der Waals surface area (Å²) >= 11 is 5.95. The van der Waals surface area contributed by atoms with Gasteiger partial charge in [-0.2, -0.15) is 18.3 Å².